The van der Waals surface area contributed by atoms with Crippen molar-refractivity contribution in [3.63, 3.8) is 0 Å². The lowest BCUT2D eigenvalue weighted by atomic mass is 10.0. The van der Waals surface area contributed by atoms with Gasteiger partial charge >= 0.3 is 5.97 Å². The molecule has 0 saturated carbocycles. The Morgan fingerprint density at radius 3 is 2.17 bits per heavy atom. The maximum atomic E-state index is 15.0. The van der Waals surface area contributed by atoms with Crippen molar-refractivity contribution in [2.45, 2.75) is 99.9 Å². The Hall–Kier alpha value is -3.52. The zero-order valence-corrected chi connectivity index (χ0v) is 34.0. The third-order valence-corrected chi connectivity index (χ3v) is 7.67. The maximum absolute atomic E-state index is 15.0. The van der Waals surface area contributed by atoms with E-state index in [-0.39, 0.29) is 43.3 Å². The summed E-state index contributed by atoms with van der Waals surface area (Å²) in [6.07, 6.45) is 2.36. The molecule has 2 aromatic carbocycles. The molecule has 0 spiro atoms. The molecule has 3 heterocycles. The van der Waals surface area contributed by atoms with Gasteiger partial charge in [0.1, 0.15) is 11.4 Å². The van der Waals surface area contributed by atoms with E-state index in [4.69, 9.17) is 14.3 Å². The van der Waals surface area contributed by atoms with Gasteiger partial charge in [0, 0.05) is 69.5 Å². The van der Waals surface area contributed by atoms with Crippen LogP contribution in [-0.2, 0) is 32.2 Å². The van der Waals surface area contributed by atoms with E-state index in [9.17, 15) is 14.4 Å². The number of rotatable bonds is 10. The molecule has 2 fully saturated rings. The fraction of sp³-hybridized carbons (Fsp3) is 0.590. The molecule has 3 amide bonds. The van der Waals surface area contributed by atoms with E-state index in [0.29, 0.717) is 35.8 Å². The van der Waals surface area contributed by atoms with E-state index in [1.807, 2.05) is 47.6 Å². The van der Waals surface area contributed by atoms with Crippen LogP contribution in [0.4, 0.5) is 10.1 Å². The van der Waals surface area contributed by atoms with Gasteiger partial charge in [-0.2, -0.15) is 12.6 Å². The minimum atomic E-state index is -0.589. The predicted molar refractivity (Wildman–Crippen MR) is 211 cm³/mol. The number of fused-ring (bicyclic) bond motifs is 1. The van der Waals surface area contributed by atoms with Crippen LogP contribution in [0.1, 0.15) is 107 Å². The largest absolute Gasteiger partial charge is 0.460 e. The Kier molecular flexibility index (Phi) is 24.5. The van der Waals surface area contributed by atoms with Crippen molar-refractivity contribution in [2.75, 3.05) is 57.5 Å². The first-order chi connectivity index (χ1) is 25.0. The van der Waals surface area contributed by atoms with E-state index in [1.165, 1.54) is 0 Å². The van der Waals surface area contributed by atoms with Gasteiger partial charge in [0.15, 0.2) is 0 Å². The maximum Gasteiger partial charge on any atom is 0.306 e. The zero-order chi connectivity index (χ0) is 39.9. The lowest BCUT2D eigenvalue weighted by Gasteiger charge is -2.46. The Morgan fingerprint density at radius 1 is 1.02 bits per heavy atom. The number of carbonyl (C=O) groups excluding carboxylic acids is 4. The molecule has 2 aromatic rings. The number of hydrogen-bond acceptors (Lipinski definition) is 10. The monoisotopic (exact) mass is 749 g/mol. The molecule has 11 nitrogen and oxygen atoms in total. The number of anilines is 1. The molecular formula is C39H64FN5O6S. The Bertz CT molecular complexity index is 1360. The number of amides is 3. The van der Waals surface area contributed by atoms with Gasteiger partial charge in [-0.05, 0) is 57.2 Å². The minimum absolute atomic E-state index is 0.108. The lowest BCUT2D eigenvalue weighted by molar-refractivity contribution is -0.155. The van der Waals surface area contributed by atoms with Crippen molar-refractivity contribution >= 4 is 42.5 Å². The number of likely N-dealkylation sites (tertiary alicyclic amines) is 1. The van der Waals surface area contributed by atoms with Crippen molar-refractivity contribution in [3.8, 4) is 0 Å². The second kappa shape index (κ2) is 26.3. The topological polar surface area (TPSA) is 135 Å². The van der Waals surface area contributed by atoms with Crippen molar-refractivity contribution in [2.24, 2.45) is 5.73 Å². The highest BCUT2D eigenvalue weighted by atomic mass is 32.1. The van der Waals surface area contributed by atoms with Crippen molar-refractivity contribution in [1.82, 2.24) is 14.7 Å². The number of imide groups is 1. The average Bonchev–Trinajstić information content (AvgIpc) is 3.38. The van der Waals surface area contributed by atoms with Crippen LogP contribution in [0.5, 0.6) is 0 Å². The molecule has 294 valence electrons. The van der Waals surface area contributed by atoms with E-state index >= 15 is 4.39 Å². The number of ether oxygens (including phenoxy) is 2. The normalized spacial score (nSPS) is 15.2. The number of halogens is 1. The second-order valence-corrected chi connectivity index (χ2v) is 12.1. The highest BCUT2D eigenvalue weighted by Gasteiger charge is 2.37. The highest BCUT2D eigenvalue weighted by molar-refractivity contribution is 7.79. The quantitative estimate of drug-likeness (QED) is 0.109. The van der Waals surface area contributed by atoms with Crippen LogP contribution in [0.2, 0.25) is 0 Å². The summed E-state index contributed by atoms with van der Waals surface area (Å²) in [4.78, 5) is 52.7. The van der Waals surface area contributed by atoms with Crippen molar-refractivity contribution < 1.29 is 33.0 Å². The van der Waals surface area contributed by atoms with Crippen LogP contribution in [0, 0.1) is 5.82 Å². The molecule has 0 bridgehead atoms. The van der Waals surface area contributed by atoms with Crippen LogP contribution >= 0.6 is 12.6 Å². The molecule has 3 aliphatic rings. The molecule has 0 radical (unpaired) electrons. The molecule has 0 atom stereocenters. The number of nitrogens with one attached hydrogen (secondary N) is 1. The fourth-order valence-electron chi connectivity index (χ4n) is 5.58. The molecule has 3 N–H and O–H groups in total. The van der Waals surface area contributed by atoms with Gasteiger partial charge in [-0.15, -0.1) is 0 Å². The summed E-state index contributed by atoms with van der Waals surface area (Å²) in [7, 11) is 0. The Morgan fingerprint density at radius 2 is 1.62 bits per heavy atom. The summed E-state index contributed by atoms with van der Waals surface area (Å²) in [5, 5.41) is 3.16. The standard InChI is InChI=1S/C31H39FN4O5.3C2H6.CH3NO.CH4S/c1-31(2,3)41-27(37)8-5-11-36-29(38)24-6-4-7-26(28(24)30(36)39)33-17-22-10-9-21(16-25(22)32)18-34-19-23(20-34)35-12-14-40-15-13-35;3*1-2;2-1-3;1-2/h4,6-7,9-10,16,23,33H,5,8,11-15,17-20H2,1-3H3;3*1-2H3;1H,(H2,2,3);2H,1H3. The minimum Gasteiger partial charge on any atom is -0.460 e. The summed E-state index contributed by atoms with van der Waals surface area (Å²) in [6.45, 7) is 23.9. The molecular weight excluding hydrogens is 686 g/mol. The number of hydrogen-bond donors (Lipinski definition) is 3. The van der Waals surface area contributed by atoms with Crippen molar-refractivity contribution in [1.29, 1.82) is 0 Å². The highest BCUT2D eigenvalue weighted by Crippen LogP contribution is 2.30. The van der Waals surface area contributed by atoms with E-state index in [1.54, 1.807) is 57.4 Å². The van der Waals surface area contributed by atoms with E-state index < -0.39 is 17.4 Å². The summed E-state index contributed by atoms with van der Waals surface area (Å²) >= 11 is 3.53. The zero-order valence-electron chi connectivity index (χ0n) is 33.1. The average molecular weight is 750 g/mol. The van der Waals surface area contributed by atoms with Crippen molar-refractivity contribution in [3.05, 3.63) is 64.5 Å². The number of thiol groups is 1. The fourth-order valence-corrected chi connectivity index (χ4v) is 5.58. The number of nitrogens with two attached hydrogens (primary N) is 1. The van der Waals surface area contributed by atoms with Gasteiger partial charge in [0.2, 0.25) is 6.41 Å². The first-order valence-electron chi connectivity index (χ1n) is 18.4. The second-order valence-electron chi connectivity index (χ2n) is 12.1. The van der Waals surface area contributed by atoms with Gasteiger partial charge in [-0.25, -0.2) is 4.39 Å². The van der Waals surface area contributed by atoms with Crippen LogP contribution < -0.4 is 11.1 Å². The molecule has 2 saturated heterocycles. The molecule has 5 rings (SSSR count). The number of nitrogens with zero attached hydrogens (tertiary/aromatic N) is 3. The first-order valence-corrected chi connectivity index (χ1v) is 19.3. The number of primary amides is 1. The third-order valence-electron chi connectivity index (χ3n) is 7.67. The number of esters is 1. The summed E-state index contributed by atoms with van der Waals surface area (Å²) in [6, 6.07) is 10.9. The molecule has 0 aromatic heterocycles. The number of benzene rings is 2. The number of morpholine rings is 1. The van der Waals surface area contributed by atoms with Gasteiger partial charge in [0.25, 0.3) is 11.8 Å². The van der Waals surface area contributed by atoms with Gasteiger partial charge in [-0.3, -0.25) is 33.9 Å². The summed E-state index contributed by atoms with van der Waals surface area (Å²) in [5.74, 6) is -1.49. The summed E-state index contributed by atoms with van der Waals surface area (Å²) < 4.78 is 25.8. The Balaban J connectivity index is 0.00000215. The van der Waals surface area contributed by atoms with E-state index in [2.05, 4.69) is 33.5 Å². The third kappa shape index (κ3) is 15.2. The smallest absolute Gasteiger partial charge is 0.306 e. The molecule has 52 heavy (non-hydrogen) atoms. The molecule has 13 heteroatoms. The molecule has 0 aliphatic carbocycles. The number of carbonyl (C=O) groups is 4. The van der Waals surface area contributed by atoms with Crippen LogP contribution in [0.15, 0.2) is 36.4 Å². The van der Waals surface area contributed by atoms with Crippen LogP contribution in [0.25, 0.3) is 0 Å². The summed E-state index contributed by atoms with van der Waals surface area (Å²) in [5.41, 5.74) is 6.04. The van der Waals surface area contributed by atoms with Crippen LogP contribution in [0.3, 0.4) is 0 Å². The predicted octanol–water partition coefficient (Wildman–Crippen LogP) is 6.40. The SMILES string of the molecule is CC.CC.CC.CC(C)(C)OC(=O)CCCN1C(=O)c2cccc(NCc3ccc(CN4CC(N5CCOCC5)C4)cc3F)c2C1=O.CS.NC=O. The van der Waals surface area contributed by atoms with Gasteiger partial charge < -0.3 is 20.5 Å². The molecule has 0 unspecified atom stereocenters. The van der Waals surface area contributed by atoms with Gasteiger partial charge in [0.05, 0.1) is 24.3 Å². The van der Waals surface area contributed by atoms with Crippen LogP contribution in [-0.4, -0.2) is 103 Å². The lowest BCUT2D eigenvalue weighted by Crippen LogP contribution is -2.60. The Labute approximate surface area is 317 Å². The van der Waals surface area contributed by atoms with Gasteiger partial charge in [-0.1, -0.05) is 59.7 Å². The molecule has 3 aliphatic heterocycles. The van der Waals surface area contributed by atoms with E-state index in [0.717, 1.165) is 49.9 Å². The first kappa shape index (κ1) is 48.5.